The highest BCUT2D eigenvalue weighted by molar-refractivity contribution is 14.1. The fourth-order valence-corrected chi connectivity index (χ4v) is 3.72. The van der Waals surface area contributed by atoms with Crippen LogP contribution in [0.3, 0.4) is 0 Å². The Morgan fingerprint density at radius 1 is 0.556 bits per heavy atom. The fraction of sp³-hybridized carbons (Fsp3) is 0.0400. The molecule has 0 aliphatic heterocycles. The average molecular weight is 461 g/mol. The summed E-state index contributed by atoms with van der Waals surface area (Å²) in [6, 6.07) is 36.6. The Bertz CT molecular complexity index is 1020. The Morgan fingerprint density at radius 2 is 1.15 bits per heavy atom. The molecule has 0 aromatic heterocycles. The first-order chi connectivity index (χ1) is 13.2. The van der Waals surface area contributed by atoms with E-state index >= 15 is 0 Å². The van der Waals surface area contributed by atoms with Crippen LogP contribution in [0.1, 0.15) is 5.56 Å². The van der Waals surface area contributed by atoms with E-state index in [2.05, 4.69) is 131 Å². The van der Waals surface area contributed by atoms with Gasteiger partial charge in [0.15, 0.2) is 0 Å². The van der Waals surface area contributed by atoms with Gasteiger partial charge in [0, 0.05) is 20.6 Å². The normalized spacial score (nSPS) is 10.6. The van der Waals surface area contributed by atoms with Crippen LogP contribution >= 0.6 is 22.6 Å². The van der Waals surface area contributed by atoms with Crippen LogP contribution in [-0.2, 0) is 0 Å². The maximum atomic E-state index is 2.37. The molecule has 0 saturated heterocycles. The molecule has 4 aromatic rings. The molecule has 0 fully saturated rings. The van der Waals surface area contributed by atoms with Gasteiger partial charge in [-0.15, -0.1) is 0 Å². The summed E-state index contributed by atoms with van der Waals surface area (Å²) in [4.78, 5) is 2.30. The first kappa shape index (κ1) is 17.8. The lowest BCUT2D eigenvalue weighted by Crippen LogP contribution is -2.10. The number of benzene rings is 4. The highest BCUT2D eigenvalue weighted by atomic mass is 127. The van der Waals surface area contributed by atoms with Crippen LogP contribution in [0.25, 0.3) is 11.1 Å². The minimum Gasteiger partial charge on any atom is -0.310 e. The van der Waals surface area contributed by atoms with Gasteiger partial charge in [0.1, 0.15) is 0 Å². The lowest BCUT2D eigenvalue weighted by molar-refractivity contribution is 1.27. The molecular weight excluding hydrogens is 441 g/mol. The van der Waals surface area contributed by atoms with Crippen LogP contribution in [0.2, 0.25) is 0 Å². The Balaban J connectivity index is 1.77. The predicted octanol–water partition coefficient (Wildman–Crippen LogP) is 7.74. The van der Waals surface area contributed by atoms with E-state index in [1.54, 1.807) is 0 Å². The number of hydrogen-bond acceptors (Lipinski definition) is 1. The number of aryl methyl sites for hydroxylation is 1. The quantitative estimate of drug-likeness (QED) is 0.281. The smallest absolute Gasteiger partial charge is 0.0472 e. The molecule has 0 saturated carbocycles. The third kappa shape index (κ3) is 4.06. The van der Waals surface area contributed by atoms with E-state index < -0.39 is 0 Å². The maximum Gasteiger partial charge on any atom is 0.0472 e. The lowest BCUT2D eigenvalue weighted by atomic mass is 10.0. The second kappa shape index (κ2) is 7.97. The van der Waals surface area contributed by atoms with Gasteiger partial charge in [-0.25, -0.2) is 0 Å². The van der Waals surface area contributed by atoms with E-state index in [0.717, 1.165) is 11.4 Å². The number of hydrogen-bond donors (Lipinski definition) is 0. The van der Waals surface area contributed by atoms with E-state index in [9.17, 15) is 0 Å². The molecule has 0 aliphatic carbocycles. The van der Waals surface area contributed by atoms with Crippen molar-refractivity contribution in [2.24, 2.45) is 0 Å². The zero-order valence-electron chi connectivity index (χ0n) is 15.1. The van der Waals surface area contributed by atoms with Crippen LogP contribution in [-0.4, -0.2) is 0 Å². The van der Waals surface area contributed by atoms with E-state index in [4.69, 9.17) is 0 Å². The van der Waals surface area contributed by atoms with Gasteiger partial charge in [-0.2, -0.15) is 0 Å². The number of anilines is 3. The van der Waals surface area contributed by atoms with Gasteiger partial charge in [0.05, 0.1) is 0 Å². The van der Waals surface area contributed by atoms with Crippen LogP contribution in [0.15, 0.2) is 103 Å². The highest BCUT2D eigenvalue weighted by Gasteiger charge is 2.12. The number of nitrogens with zero attached hydrogens (tertiary/aromatic N) is 1. The highest BCUT2D eigenvalue weighted by Crippen LogP contribution is 2.36. The van der Waals surface area contributed by atoms with Crippen molar-refractivity contribution < 1.29 is 0 Å². The summed E-state index contributed by atoms with van der Waals surface area (Å²) in [5.41, 5.74) is 7.21. The van der Waals surface area contributed by atoms with Crippen molar-refractivity contribution in [3.05, 3.63) is 112 Å². The molecule has 0 bridgehead atoms. The summed E-state index contributed by atoms with van der Waals surface area (Å²) >= 11 is 2.37. The fourth-order valence-electron chi connectivity index (χ4n) is 3.19. The van der Waals surface area contributed by atoms with Crippen LogP contribution in [0.4, 0.5) is 17.1 Å². The average Bonchev–Trinajstić information content (AvgIpc) is 2.71. The molecule has 0 spiro atoms. The van der Waals surface area contributed by atoms with Crippen LogP contribution in [0.5, 0.6) is 0 Å². The first-order valence-electron chi connectivity index (χ1n) is 8.98. The van der Waals surface area contributed by atoms with Crippen LogP contribution < -0.4 is 4.90 Å². The minimum atomic E-state index is 1.15. The molecule has 0 amide bonds. The third-order valence-electron chi connectivity index (χ3n) is 4.59. The molecule has 2 heteroatoms. The van der Waals surface area contributed by atoms with Crippen molar-refractivity contribution in [3.63, 3.8) is 0 Å². The molecule has 0 unspecified atom stereocenters. The maximum absolute atomic E-state index is 2.37. The molecule has 0 aliphatic rings. The molecule has 0 heterocycles. The van der Waals surface area contributed by atoms with Crippen molar-refractivity contribution >= 4 is 39.7 Å². The molecule has 1 nitrogen and oxygen atoms in total. The lowest BCUT2D eigenvalue weighted by Gasteiger charge is -2.26. The summed E-state index contributed by atoms with van der Waals surface area (Å²) in [5.74, 6) is 0. The van der Waals surface area contributed by atoms with Gasteiger partial charge < -0.3 is 4.90 Å². The Hall–Kier alpha value is -2.59. The Labute approximate surface area is 174 Å². The molecule has 0 radical (unpaired) electrons. The van der Waals surface area contributed by atoms with Crippen molar-refractivity contribution in [1.29, 1.82) is 0 Å². The third-order valence-corrected chi connectivity index (χ3v) is 5.26. The Kier molecular flexibility index (Phi) is 5.26. The monoisotopic (exact) mass is 461 g/mol. The van der Waals surface area contributed by atoms with Crippen LogP contribution in [0, 0.1) is 10.5 Å². The summed E-state index contributed by atoms with van der Waals surface area (Å²) < 4.78 is 1.23. The summed E-state index contributed by atoms with van der Waals surface area (Å²) in [5, 5.41) is 0. The number of halogens is 1. The first-order valence-corrected chi connectivity index (χ1v) is 10.1. The summed E-state index contributed by atoms with van der Waals surface area (Å²) in [6.45, 7) is 2.12. The van der Waals surface area contributed by atoms with E-state index in [1.165, 1.54) is 25.9 Å². The van der Waals surface area contributed by atoms with Crippen molar-refractivity contribution in [2.45, 2.75) is 6.92 Å². The standard InChI is InChI=1S/C25H20IN/c1-19-10-14-23(15-11-19)27(25-9-5-8-22(26)18-25)24-16-12-21(13-17-24)20-6-3-2-4-7-20/h2-18H,1H3. The van der Waals surface area contributed by atoms with E-state index in [1.807, 2.05) is 6.07 Å². The van der Waals surface area contributed by atoms with Crippen molar-refractivity contribution in [2.75, 3.05) is 4.90 Å². The second-order valence-electron chi connectivity index (χ2n) is 6.56. The topological polar surface area (TPSA) is 3.24 Å². The second-order valence-corrected chi connectivity index (χ2v) is 7.81. The van der Waals surface area contributed by atoms with E-state index in [-0.39, 0.29) is 0 Å². The van der Waals surface area contributed by atoms with Gasteiger partial charge in [-0.1, -0.05) is 66.2 Å². The van der Waals surface area contributed by atoms with Gasteiger partial charge in [0.25, 0.3) is 0 Å². The summed E-state index contributed by atoms with van der Waals surface area (Å²) in [7, 11) is 0. The number of rotatable bonds is 4. The molecule has 0 atom stereocenters. The molecule has 0 N–H and O–H groups in total. The minimum absolute atomic E-state index is 1.15. The molecular formula is C25H20IN. The van der Waals surface area contributed by atoms with E-state index in [0.29, 0.717) is 0 Å². The van der Waals surface area contributed by atoms with Gasteiger partial charge >= 0.3 is 0 Å². The SMILES string of the molecule is Cc1ccc(N(c2ccc(-c3ccccc3)cc2)c2cccc(I)c2)cc1. The molecule has 132 valence electrons. The predicted molar refractivity (Wildman–Crippen MR) is 124 cm³/mol. The molecule has 4 rings (SSSR count). The van der Waals surface area contributed by atoms with Gasteiger partial charge in [-0.3, -0.25) is 0 Å². The van der Waals surface area contributed by atoms with Crippen molar-refractivity contribution in [1.82, 2.24) is 0 Å². The largest absolute Gasteiger partial charge is 0.310 e. The Morgan fingerprint density at radius 3 is 1.78 bits per heavy atom. The zero-order valence-corrected chi connectivity index (χ0v) is 17.3. The zero-order chi connectivity index (χ0) is 18.6. The summed E-state index contributed by atoms with van der Waals surface area (Å²) in [6.07, 6.45) is 0. The van der Waals surface area contributed by atoms with Crippen molar-refractivity contribution in [3.8, 4) is 11.1 Å². The molecule has 4 aromatic carbocycles. The molecule has 27 heavy (non-hydrogen) atoms. The van der Waals surface area contributed by atoms with Gasteiger partial charge in [-0.05, 0) is 83.1 Å². The van der Waals surface area contributed by atoms with Gasteiger partial charge in [0.2, 0.25) is 0 Å².